The Bertz CT molecular complexity index is 134. The molecule has 1 aliphatic rings. The zero-order valence-corrected chi connectivity index (χ0v) is 6.31. The van der Waals surface area contributed by atoms with Gasteiger partial charge in [-0.15, -0.1) is 6.58 Å². The molecular formula is C9H14O. The molecule has 0 amide bonds. The van der Waals surface area contributed by atoms with E-state index in [9.17, 15) is 4.79 Å². The van der Waals surface area contributed by atoms with Gasteiger partial charge >= 0.3 is 0 Å². The molecule has 0 heterocycles. The summed E-state index contributed by atoms with van der Waals surface area (Å²) >= 11 is 0. The molecule has 0 aromatic heterocycles. The van der Waals surface area contributed by atoms with E-state index in [0.717, 1.165) is 18.8 Å². The predicted molar refractivity (Wildman–Crippen MR) is 41.8 cm³/mol. The summed E-state index contributed by atoms with van der Waals surface area (Å²) in [5.41, 5.74) is 0. The van der Waals surface area contributed by atoms with Gasteiger partial charge in [-0.1, -0.05) is 18.9 Å². The number of ketones is 1. The normalized spacial score (nSPS) is 16.8. The van der Waals surface area contributed by atoms with Crippen LogP contribution in [-0.2, 0) is 4.79 Å². The summed E-state index contributed by atoms with van der Waals surface area (Å²) in [6, 6.07) is 0. The molecule has 0 saturated heterocycles. The van der Waals surface area contributed by atoms with E-state index < -0.39 is 0 Å². The smallest absolute Gasteiger partial charge is 0.136 e. The highest BCUT2D eigenvalue weighted by molar-refractivity contribution is 5.79. The molecule has 0 aromatic carbocycles. The molecule has 0 bridgehead atoms. The van der Waals surface area contributed by atoms with Crippen LogP contribution in [0.25, 0.3) is 0 Å². The number of hydrogen-bond acceptors (Lipinski definition) is 1. The lowest BCUT2D eigenvalue weighted by atomic mass is 10.1. The monoisotopic (exact) mass is 138 g/mol. The molecule has 1 nitrogen and oxygen atoms in total. The van der Waals surface area contributed by atoms with Crippen molar-refractivity contribution in [2.75, 3.05) is 0 Å². The van der Waals surface area contributed by atoms with Gasteiger partial charge in [0.15, 0.2) is 0 Å². The summed E-state index contributed by atoms with van der Waals surface area (Å²) in [5, 5.41) is 0. The largest absolute Gasteiger partial charge is 0.299 e. The maximum absolute atomic E-state index is 10.9. The number of Topliss-reactive ketones (excluding diaryl/α,β-unsaturated/α-hetero) is 1. The Balaban J connectivity index is 1.99. The van der Waals surface area contributed by atoms with Crippen molar-refractivity contribution in [3.05, 3.63) is 12.7 Å². The molecule has 1 fully saturated rings. The first-order valence-corrected chi connectivity index (χ1v) is 3.95. The van der Waals surface area contributed by atoms with Crippen molar-refractivity contribution in [3.8, 4) is 0 Å². The van der Waals surface area contributed by atoms with E-state index in [4.69, 9.17) is 0 Å². The van der Waals surface area contributed by atoms with E-state index in [1.54, 1.807) is 6.08 Å². The van der Waals surface area contributed by atoms with Gasteiger partial charge < -0.3 is 0 Å². The van der Waals surface area contributed by atoms with Gasteiger partial charge in [-0.2, -0.15) is 0 Å². The Morgan fingerprint density at radius 2 is 2.30 bits per heavy atom. The molecule has 1 heteroatoms. The van der Waals surface area contributed by atoms with Gasteiger partial charge in [-0.05, 0) is 12.3 Å². The lowest BCUT2D eigenvalue weighted by Crippen LogP contribution is -1.95. The average Bonchev–Trinajstić information content (AvgIpc) is 2.67. The third kappa shape index (κ3) is 2.81. The van der Waals surface area contributed by atoms with Crippen LogP contribution in [0.15, 0.2) is 12.7 Å². The van der Waals surface area contributed by atoms with Crippen LogP contribution >= 0.6 is 0 Å². The topological polar surface area (TPSA) is 17.1 Å². The quantitative estimate of drug-likeness (QED) is 0.533. The second-order valence-electron chi connectivity index (χ2n) is 3.01. The predicted octanol–water partition coefficient (Wildman–Crippen LogP) is 2.32. The fourth-order valence-corrected chi connectivity index (χ4v) is 1.03. The first-order chi connectivity index (χ1) is 4.83. The molecule has 0 atom stereocenters. The van der Waals surface area contributed by atoms with Crippen LogP contribution in [0.5, 0.6) is 0 Å². The summed E-state index contributed by atoms with van der Waals surface area (Å²) in [4.78, 5) is 10.9. The van der Waals surface area contributed by atoms with Crippen LogP contribution in [-0.4, -0.2) is 5.78 Å². The summed E-state index contributed by atoms with van der Waals surface area (Å²) in [6.45, 7) is 3.52. The lowest BCUT2D eigenvalue weighted by molar-refractivity contribution is -0.118. The summed E-state index contributed by atoms with van der Waals surface area (Å²) in [5.74, 6) is 1.23. The van der Waals surface area contributed by atoms with Crippen molar-refractivity contribution >= 4 is 5.78 Å². The van der Waals surface area contributed by atoms with E-state index >= 15 is 0 Å². The molecular weight excluding hydrogens is 124 g/mol. The number of rotatable bonds is 5. The molecule has 1 rings (SSSR count). The Morgan fingerprint density at radius 3 is 2.80 bits per heavy atom. The standard InChI is InChI=1S/C9H14O/c1-2-3-9(10)7-6-8-4-5-8/h2,8H,1,3-7H2. The molecule has 0 radical (unpaired) electrons. The molecule has 1 aliphatic carbocycles. The second kappa shape index (κ2) is 3.55. The highest BCUT2D eigenvalue weighted by atomic mass is 16.1. The van der Waals surface area contributed by atoms with Gasteiger partial charge in [0.1, 0.15) is 5.78 Å². The van der Waals surface area contributed by atoms with Crippen molar-refractivity contribution in [1.29, 1.82) is 0 Å². The fourth-order valence-electron chi connectivity index (χ4n) is 1.03. The molecule has 1 saturated carbocycles. The van der Waals surface area contributed by atoms with Crippen LogP contribution < -0.4 is 0 Å². The van der Waals surface area contributed by atoms with Crippen molar-refractivity contribution in [3.63, 3.8) is 0 Å². The van der Waals surface area contributed by atoms with E-state index in [1.807, 2.05) is 0 Å². The minimum Gasteiger partial charge on any atom is -0.299 e. The molecule has 0 unspecified atom stereocenters. The van der Waals surface area contributed by atoms with Crippen molar-refractivity contribution in [1.82, 2.24) is 0 Å². The van der Waals surface area contributed by atoms with Gasteiger partial charge in [0, 0.05) is 12.8 Å². The highest BCUT2D eigenvalue weighted by Gasteiger charge is 2.21. The Kier molecular flexibility index (Phi) is 2.67. The molecule has 0 aliphatic heterocycles. The van der Waals surface area contributed by atoms with Crippen LogP contribution in [0, 0.1) is 5.92 Å². The van der Waals surface area contributed by atoms with Crippen LogP contribution in [0.3, 0.4) is 0 Å². The molecule has 0 spiro atoms. The van der Waals surface area contributed by atoms with Gasteiger partial charge in [-0.25, -0.2) is 0 Å². The van der Waals surface area contributed by atoms with Crippen molar-refractivity contribution in [2.45, 2.75) is 32.1 Å². The third-order valence-electron chi connectivity index (χ3n) is 1.90. The van der Waals surface area contributed by atoms with Gasteiger partial charge in [0.05, 0.1) is 0 Å². The molecule has 0 N–H and O–H groups in total. The fraction of sp³-hybridized carbons (Fsp3) is 0.667. The van der Waals surface area contributed by atoms with Gasteiger partial charge in [0.2, 0.25) is 0 Å². The van der Waals surface area contributed by atoms with Crippen molar-refractivity contribution in [2.24, 2.45) is 5.92 Å². The zero-order valence-electron chi connectivity index (χ0n) is 6.31. The maximum atomic E-state index is 10.9. The number of carbonyl (C=O) groups excluding carboxylic acids is 1. The lowest BCUT2D eigenvalue weighted by Gasteiger charge is -1.93. The van der Waals surface area contributed by atoms with Gasteiger partial charge in [-0.3, -0.25) is 4.79 Å². The summed E-state index contributed by atoms with van der Waals surface area (Å²) < 4.78 is 0. The molecule has 56 valence electrons. The minimum atomic E-state index is 0.349. The highest BCUT2D eigenvalue weighted by Crippen LogP contribution is 2.33. The molecule has 10 heavy (non-hydrogen) atoms. The summed E-state index contributed by atoms with van der Waals surface area (Å²) in [6.07, 6.45) is 6.84. The maximum Gasteiger partial charge on any atom is 0.136 e. The SMILES string of the molecule is C=CCC(=O)CCC1CC1. The average molecular weight is 138 g/mol. The van der Waals surface area contributed by atoms with E-state index in [1.165, 1.54) is 12.8 Å². The Morgan fingerprint density at radius 1 is 1.60 bits per heavy atom. The van der Waals surface area contributed by atoms with Crippen LogP contribution in [0.4, 0.5) is 0 Å². The van der Waals surface area contributed by atoms with E-state index in [2.05, 4.69) is 6.58 Å². The number of carbonyl (C=O) groups is 1. The van der Waals surface area contributed by atoms with Crippen LogP contribution in [0.1, 0.15) is 32.1 Å². The van der Waals surface area contributed by atoms with Crippen LogP contribution in [0.2, 0.25) is 0 Å². The number of allylic oxidation sites excluding steroid dienone is 1. The second-order valence-corrected chi connectivity index (χ2v) is 3.01. The first kappa shape index (κ1) is 7.52. The Labute approximate surface area is 62.1 Å². The van der Waals surface area contributed by atoms with E-state index in [-0.39, 0.29) is 0 Å². The Hall–Kier alpha value is -0.590. The van der Waals surface area contributed by atoms with Gasteiger partial charge in [0.25, 0.3) is 0 Å². The summed E-state index contributed by atoms with van der Waals surface area (Å²) in [7, 11) is 0. The van der Waals surface area contributed by atoms with E-state index in [0.29, 0.717) is 12.2 Å². The van der Waals surface area contributed by atoms with Crippen molar-refractivity contribution < 1.29 is 4.79 Å². The first-order valence-electron chi connectivity index (χ1n) is 3.95. The molecule has 0 aromatic rings. The third-order valence-corrected chi connectivity index (χ3v) is 1.90. The zero-order chi connectivity index (χ0) is 7.40. The number of hydrogen-bond donors (Lipinski definition) is 0. The minimum absolute atomic E-state index is 0.349.